The lowest BCUT2D eigenvalue weighted by atomic mass is 9.95. The number of carbonyl (C=O) groups is 2. The van der Waals surface area contributed by atoms with Gasteiger partial charge in [-0.25, -0.2) is 0 Å². The Labute approximate surface area is 182 Å². The minimum atomic E-state index is -0.786. The maximum absolute atomic E-state index is 13.1. The van der Waals surface area contributed by atoms with Gasteiger partial charge in [-0.05, 0) is 42.0 Å². The molecule has 5 nitrogen and oxygen atoms in total. The summed E-state index contributed by atoms with van der Waals surface area (Å²) in [7, 11) is 1.55. The second kappa shape index (κ2) is 8.16. The Morgan fingerprint density at radius 3 is 2.33 bits per heavy atom. The largest absolute Gasteiger partial charge is 0.507 e. The molecule has 1 saturated heterocycles. The Kier molecular flexibility index (Phi) is 5.42. The van der Waals surface area contributed by atoms with Crippen LogP contribution in [0.25, 0.3) is 5.76 Å². The van der Waals surface area contributed by atoms with E-state index in [1.807, 2.05) is 12.1 Å². The summed E-state index contributed by atoms with van der Waals surface area (Å²) in [6.45, 7) is 0. The van der Waals surface area contributed by atoms with Gasteiger partial charge in [0.1, 0.15) is 11.5 Å². The molecule has 0 aromatic heterocycles. The molecule has 0 saturated carbocycles. The molecule has 3 aromatic carbocycles. The molecule has 1 unspecified atom stereocenters. The van der Waals surface area contributed by atoms with Gasteiger partial charge < -0.3 is 9.84 Å². The number of ketones is 1. The highest BCUT2D eigenvalue weighted by Crippen LogP contribution is 2.42. The first-order valence-electron chi connectivity index (χ1n) is 9.27. The van der Waals surface area contributed by atoms with Gasteiger partial charge in [0, 0.05) is 15.7 Å². The van der Waals surface area contributed by atoms with Crippen LogP contribution in [0, 0.1) is 0 Å². The number of aliphatic hydroxyl groups excluding tert-OH is 1. The molecular weight excluding hydrogens is 446 g/mol. The third kappa shape index (κ3) is 3.50. The number of methoxy groups -OCH3 is 1. The molecule has 0 radical (unpaired) electrons. The minimum absolute atomic E-state index is 0.0411. The number of ether oxygens (including phenoxy) is 1. The number of hydrogen-bond acceptors (Lipinski definition) is 4. The van der Waals surface area contributed by atoms with E-state index in [1.54, 1.807) is 73.8 Å². The van der Waals surface area contributed by atoms with E-state index >= 15 is 0 Å². The van der Waals surface area contributed by atoms with E-state index in [1.165, 1.54) is 4.90 Å². The monoisotopic (exact) mass is 463 g/mol. The highest BCUT2D eigenvalue weighted by molar-refractivity contribution is 9.10. The number of benzene rings is 3. The van der Waals surface area contributed by atoms with Gasteiger partial charge in [-0.3, -0.25) is 14.5 Å². The van der Waals surface area contributed by atoms with Crippen molar-refractivity contribution in [1.82, 2.24) is 0 Å². The molecule has 1 heterocycles. The van der Waals surface area contributed by atoms with Crippen molar-refractivity contribution in [3.05, 3.63) is 100 Å². The fourth-order valence-electron chi connectivity index (χ4n) is 3.58. The first kappa shape index (κ1) is 19.9. The summed E-state index contributed by atoms with van der Waals surface area (Å²) in [5, 5.41) is 11.1. The molecule has 0 spiro atoms. The Morgan fingerprint density at radius 1 is 0.967 bits per heavy atom. The van der Waals surface area contributed by atoms with Gasteiger partial charge in [0.15, 0.2) is 0 Å². The van der Waals surface area contributed by atoms with Gasteiger partial charge in [0.05, 0.1) is 18.7 Å². The van der Waals surface area contributed by atoms with Crippen LogP contribution in [-0.2, 0) is 9.59 Å². The summed E-state index contributed by atoms with van der Waals surface area (Å²) >= 11 is 3.36. The Balaban J connectivity index is 1.95. The van der Waals surface area contributed by atoms with Crippen LogP contribution in [0.1, 0.15) is 17.2 Å². The third-order valence-electron chi connectivity index (χ3n) is 5.01. The van der Waals surface area contributed by atoms with E-state index in [-0.39, 0.29) is 11.3 Å². The van der Waals surface area contributed by atoms with E-state index in [2.05, 4.69) is 15.9 Å². The summed E-state index contributed by atoms with van der Waals surface area (Å²) in [5.74, 6) is -1.04. The molecule has 0 aliphatic carbocycles. The average Bonchev–Trinajstić information content (AvgIpc) is 3.05. The summed E-state index contributed by atoms with van der Waals surface area (Å²) in [4.78, 5) is 27.5. The van der Waals surface area contributed by atoms with Gasteiger partial charge in [-0.2, -0.15) is 0 Å². The van der Waals surface area contributed by atoms with E-state index in [0.29, 0.717) is 22.6 Å². The second-order valence-electron chi connectivity index (χ2n) is 6.79. The molecule has 0 bridgehead atoms. The molecule has 4 rings (SSSR count). The van der Waals surface area contributed by atoms with Crippen LogP contribution < -0.4 is 9.64 Å². The number of anilines is 1. The van der Waals surface area contributed by atoms with Crippen LogP contribution in [0.2, 0.25) is 0 Å². The fourth-order valence-corrected chi connectivity index (χ4v) is 3.84. The first-order chi connectivity index (χ1) is 14.5. The molecule has 6 heteroatoms. The average molecular weight is 464 g/mol. The van der Waals surface area contributed by atoms with Gasteiger partial charge in [-0.15, -0.1) is 0 Å². The Morgan fingerprint density at radius 2 is 1.67 bits per heavy atom. The lowest BCUT2D eigenvalue weighted by Gasteiger charge is -2.25. The molecular formula is C24H18BrNO4. The third-order valence-corrected chi connectivity index (χ3v) is 5.53. The summed E-state index contributed by atoms with van der Waals surface area (Å²) in [6.07, 6.45) is 0. The molecule has 150 valence electrons. The van der Waals surface area contributed by atoms with E-state index < -0.39 is 17.7 Å². The maximum Gasteiger partial charge on any atom is 0.300 e. The van der Waals surface area contributed by atoms with Crippen LogP contribution in [0.3, 0.4) is 0 Å². The number of hydrogen-bond donors (Lipinski definition) is 1. The zero-order valence-electron chi connectivity index (χ0n) is 16.1. The highest BCUT2D eigenvalue weighted by Gasteiger charge is 2.47. The van der Waals surface area contributed by atoms with Crippen LogP contribution in [0.5, 0.6) is 5.75 Å². The van der Waals surface area contributed by atoms with Crippen molar-refractivity contribution in [1.29, 1.82) is 0 Å². The molecule has 1 aliphatic heterocycles. The first-order valence-corrected chi connectivity index (χ1v) is 10.1. The maximum atomic E-state index is 13.1. The number of aliphatic hydroxyl groups is 1. The summed E-state index contributed by atoms with van der Waals surface area (Å²) in [6, 6.07) is 22.2. The second-order valence-corrected chi connectivity index (χ2v) is 7.70. The number of halogens is 1. The SMILES string of the molecule is COc1cccc(C2C(=C(O)c3ccc(Br)cc3)C(=O)C(=O)N2c2ccccc2)c1. The van der Waals surface area contributed by atoms with Gasteiger partial charge in [0.25, 0.3) is 11.7 Å². The minimum Gasteiger partial charge on any atom is -0.507 e. The highest BCUT2D eigenvalue weighted by atomic mass is 79.9. The number of carbonyl (C=O) groups excluding carboxylic acids is 2. The van der Waals surface area contributed by atoms with Crippen molar-refractivity contribution < 1.29 is 19.4 Å². The summed E-state index contributed by atoms with van der Waals surface area (Å²) < 4.78 is 6.17. The van der Waals surface area contributed by atoms with Gasteiger partial charge >= 0.3 is 0 Å². The Bertz CT molecular complexity index is 1140. The Hall–Kier alpha value is -3.38. The van der Waals surface area contributed by atoms with Gasteiger partial charge in [-0.1, -0.05) is 58.4 Å². The van der Waals surface area contributed by atoms with Crippen LogP contribution >= 0.6 is 15.9 Å². The lowest BCUT2D eigenvalue weighted by Crippen LogP contribution is -2.29. The topological polar surface area (TPSA) is 66.8 Å². The van der Waals surface area contributed by atoms with E-state index in [4.69, 9.17) is 4.74 Å². The van der Waals surface area contributed by atoms with Crippen molar-refractivity contribution in [2.24, 2.45) is 0 Å². The van der Waals surface area contributed by atoms with Gasteiger partial charge in [0.2, 0.25) is 0 Å². The molecule has 1 N–H and O–H groups in total. The standard InChI is InChI=1S/C24H18BrNO4/c1-30-19-9-5-6-16(14-19)21-20(22(27)15-10-12-17(25)13-11-15)23(28)24(29)26(21)18-7-3-2-4-8-18/h2-14,21,27H,1H3. The lowest BCUT2D eigenvalue weighted by molar-refractivity contribution is -0.132. The quantitative estimate of drug-likeness (QED) is 0.332. The smallest absolute Gasteiger partial charge is 0.300 e. The normalized spacial score (nSPS) is 17.9. The number of rotatable bonds is 4. The van der Waals surface area contributed by atoms with Crippen molar-refractivity contribution in [3.63, 3.8) is 0 Å². The number of nitrogens with zero attached hydrogens (tertiary/aromatic N) is 1. The van der Waals surface area contributed by atoms with Crippen molar-refractivity contribution in [2.75, 3.05) is 12.0 Å². The number of Topliss-reactive ketones (excluding diaryl/α,β-unsaturated/α-hetero) is 1. The molecule has 3 aromatic rings. The van der Waals surface area contributed by atoms with Crippen molar-refractivity contribution in [2.45, 2.75) is 6.04 Å². The predicted molar refractivity (Wildman–Crippen MR) is 118 cm³/mol. The van der Waals surface area contributed by atoms with E-state index in [9.17, 15) is 14.7 Å². The zero-order chi connectivity index (χ0) is 21.3. The molecule has 1 aliphatic rings. The van der Waals surface area contributed by atoms with Crippen LogP contribution in [0.15, 0.2) is 88.9 Å². The van der Waals surface area contributed by atoms with Crippen LogP contribution in [0.4, 0.5) is 5.69 Å². The van der Waals surface area contributed by atoms with Crippen LogP contribution in [-0.4, -0.2) is 23.9 Å². The van der Waals surface area contributed by atoms with Crippen molar-refractivity contribution >= 4 is 39.1 Å². The number of amides is 1. The molecule has 1 amide bonds. The van der Waals surface area contributed by atoms with Crippen molar-refractivity contribution in [3.8, 4) is 5.75 Å². The molecule has 1 atom stereocenters. The van der Waals surface area contributed by atoms with E-state index in [0.717, 1.165) is 4.47 Å². The zero-order valence-corrected chi connectivity index (χ0v) is 17.7. The fraction of sp³-hybridized carbons (Fsp3) is 0.0833. The molecule has 30 heavy (non-hydrogen) atoms. The molecule has 1 fully saturated rings. The predicted octanol–water partition coefficient (Wildman–Crippen LogP) is 5.08. The number of para-hydroxylation sites is 1. The summed E-state index contributed by atoms with van der Waals surface area (Å²) in [5.41, 5.74) is 1.73.